The first kappa shape index (κ1) is 8.42. The normalized spacial score (nSPS) is 9.33. The van der Waals surface area contributed by atoms with Gasteiger partial charge in [-0.05, 0) is 10.8 Å². The van der Waals surface area contributed by atoms with Crippen molar-refractivity contribution in [1.29, 1.82) is 10.5 Å². The Balaban J connectivity index is 3.64. The number of nitriles is 2. The molecule has 0 aromatic heterocycles. The summed E-state index contributed by atoms with van der Waals surface area (Å²) in [5.74, 6) is 0. The number of thiol groups is 1. The van der Waals surface area contributed by atoms with Gasteiger partial charge in [0.2, 0.25) is 0 Å². The predicted octanol–water partition coefficient (Wildman–Crippen LogP) is 1.54. The highest BCUT2D eigenvalue weighted by Gasteiger charge is 2.00. The van der Waals surface area contributed by atoms with E-state index in [0.29, 0.717) is 0 Å². The molecule has 0 radical (unpaired) electrons. The smallest absolute Gasteiger partial charge is 0.182 e. The summed E-state index contributed by atoms with van der Waals surface area (Å²) in [5.41, 5.74) is 0. The van der Waals surface area contributed by atoms with Gasteiger partial charge in [0, 0.05) is 0 Å². The van der Waals surface area contributed by atoms with E-state index in [1.807, 2.05) is 0 Å². The Kier molecular flexibility index (Phi) is 5.20. The lowest BCUT2D eigenvalue weighted by atomic mass is 10.5. The van der Waals surface area contributed by atoms with Gasteiger partial charge < -0.3 is 0 Å². The van der Waals surface area contributed by atoms with E-state index in [2.05, 4.69) is 12.6 Å². The molecule has 0 atom stereocenters. The third kappa shape index (κ3) is 3.96. The lowest BCUT2D eigenvalue weighted by molar-refractivity contribution is 1.35. The lowest BCUT2D eigenvalue weighted by Crippen LogP contribution is -1.88. The van der Waals surface area contributed by atoms with Crippen molar-refractivity contribution in [3.05, 3.63) is 10.8 Å². The van der Waals surface area contributed by atoms with Crippen LogP contribution in [-0.4, -0.2) is 5.25 Å². The van der Waals surface area contributed by atoms with Gasteiger partial charge in [0.15, 0.2) is 5.25 Å². The van der Waals surface area contributed by atoms with Crippen LogP contribution in [0.3, 0.4) is 0 Å². The highest BCUT2D eigenvalue weighted by molar-refractivity contribution is 8.03. The molecule has 2 nitrogen and oxygen atoms in total. The Labute approximate surface area is 63.6 Å². The average molecular weight is 156 g/mol. The molecule has 4 heteroatoms. The van der Waals surface area contributed by atoms with Crippen molar-refractivity contribution in [2.75, 3.05) is 0 Å². The van der Waals surface area contributed by atoms with Crippen molar-refractivity contribution < 1.29 is 0 Å². The second kappa shape index (κ2) is 5.55. The van der Waals surface area contributed by atoms with Crippen LogP contribution in [0, 0.1) is 22.7 Å². The highest BCUT2D eigenvalue weighted by Crippen LogP contribution is 2.10. The minimum absolute atomic E-state index is 0.603. The molecular weight excluding hydrogens is 152 g/mol. The largest absolute Gasteiger partial charge is 0.196 e. The zero-order valence-electron chi connectivity index (χ0n) is 4.48. The molecule has 0 aliphatic rings. The lowest BCUT2D eigenvalue weighted by Gasteiger charge is -1.87. The van der Waals surface area contributed by atoms with E-state index in [0.717, 1.165) is 11.8 Å². The van der Waals surface area contributed by atoms with Crippen LogP contribution in [0.4, 0.5) is 0 Å². The Morgan fingerprint density at radius 2 is 2.00 bits per heavy atom. The fraction of sp³-hybridized carbons (Fsp3) is 0.200. The van der Waals surface area contributed by atoms with Gasteiger partial charge >= 0.3 is 0 Å². The van der Waals surface area contributed by atoms with Crippen molar-refractivity contribution in [2.45, 2.75) is 5.25 Å². The van der Waals surface area contributed by atoms with Gasteiger partial charge in [-0.15, -0.1) is 0 Å². The van der Waals surface area contributed by atoms with Gasteiger partial charge in [0.1, 0.15) is 0 Å². The topological polar surface area (TPSA) is 47.6 Å². The summed E-state index contributed by atoms with van der Waals surface area (Å²) in [6, 6.07) is 3.61. The van der Waals surface area contributed by atoms with Crippen LogP contribution in [0.5, 0.6) is 0 Å². The fourth-order valence-electron chi connectivity index (χ4n) is 0.203. The van der Waals surface area contributed by atoms with E-state index in [4.69, 9.17) is 10.5 Å². The Hall–Kier alpha value is -0.580. The van der Waals surface area contributed by atoms with E-state index in [9.17, 15) is 0 Å². The second-order valence-electron chi connectivity index (χ2n) is 1.06. The van der Waals surface area contributed by atoms with Gasteiger partial charge in [-0.1, -0.05) is 11.8 Å². The van der Waals surface area contributed by atoms with Crippen LogP contribution in [0.25, 0.3) is 0 Å². The van der Waals surface area contributed by atoms with Gasteiger partial charge in [0.25, 0.3) is 0 Å². The Bertz CT molecular complexity index is 160. The van der Waals surface area contributed by atoms with E-state index < -0.39 is 5.25 Å². The van der Waals surface area contributed by atoms with E-state index >= 15 is 0 Å². The van der Waals surface area contributed by atoms with E-state index in [1.165, 1.54) is 5.41 Å². The molecular formula is C5H4N2S2. The molecule has 0 N–H and O–H groups in total. The molecule has 0 saturated carbocycles. The molecule has 0 saturated heterocycles. The standard InChI is InChI=1S/C5H4N2S2/c6-3-5(4-7)9-2-1-8/h1-2,5,8H. The molecule has 0 unspecified atom stereocenters. The van der Waals surface area contributed by atoms with Gasteiger partial charge in [-0.25, -0.2) is 0 Å². The monoisotopic (exact) mass is 156 g/mol. The molecule has 0 fully saturated rings. The summed E-state index contributed by atoms with van der Waals surface area (Å²) in [6.45, 7) is 0. The van der Waals surface area contributed by atoms with E-state index in [1.54, 1.807) is 17.5 Å². The molecule has 0 aromatic carbocycles. The molecule has 0 aliphatic carbocycles. The highest BCUT2D eigenvalue weighted by atomic mass is 32.2. The van der Waals surface area contributed by atoms with Gasteiger partial charge in [0.05, 0.1) is 12.1 Å². The zero-order chi connectivity index (χ0) is 7.11. The predicted molar refractivity (Wildman–Crippen MR) is 40.7 cm³/mol. The van der Waals surface area contributed by atoms with Crippen molar-refractivity contribution >= 4 is 24.4 Å². The van der Waals surface area contributed by atoms with Gasteiger partial charge in [-0.3, -0.25) is 0 Å². The summed E-state index contributed by atoms with van der Waals surface area (Å²) in [5, 5.41) is 18.9. The number of hydrogen-bond donors (Lipinski definition) is 1. The number of thioether (sulfide) groups is 1. The SMILES string of the molecule is N#CC(C#N)SC=CS. The van der Waals surface area contributed by atoms with Crippen molar-refractivity contribution in [1.82, 2.24) is 0 Å². The minimum atomic E-state index is -0.603. The number of nitrogens with zero attached hydrogens (tertiary/aromatic N) is 2. The van der Waals surface area contributed by atoms with Gasteiger partial charge in [-0.2, -0.15) is 23.2 Å². The summed E-state index contributed by atoms with van der Waals surface area (Å²) < 4.78 is 0. The number of rotatable bonds is 2. The molecule has 9 heavy (non-hydrogen) atoms. The maximum atomic E-state index is 8.20. The maximum Gasteiger partial charge on any atom is 0.182 e. The van der Waals surface area contributed by atoms with Crippen LogP contribution >= 0.6 is 24.4 Å². The number of hydrogen-bond acceptors (Lipinski definition) is 4. The molecule has 46 valence electrons. The van der Waals surface area contributed by atoms with Crippen LogP contribution in [0.2, 0.25) is 0 Å². The summed E-state index contributed by atoms with van der Waals surface area (Å²) in [4.78, 5) is 0. The molecule has 0 aliphatic heterocycles. The van der Waals surface area contributed by atoms with Crippen LogP contribution < -0.4 is 0 Å². The first-order valence-electron chi connectivity index (χ1n) is 2.09. The van der Waals surface area contributed by atoms with Crippen LogP contribution in [0.15, 0.2) is 10.8 Å². The molecule has 0 spiro atoms. The zero-order valence-corrected chi connectivity index (χ0v) is 6.19. The molecule has 0 heterocycles. The molecule has 0 rings (SSSR count). The average Bonchev–Trinajstić information content (AvgIpc) is 1.91. The first-order valence-corrected chi connectivity index (χ1v) is 3.55. The van der Waals surface area contributed by atoms with E-state index in [-0.39, 0.29) is 0 Å². The van der Waals surface area contributed by atoms with Crippen LogP contribution in [-0.2, 0) is 0 Å². The second-order valence-corrected chi connectivity index (χ2v) is 2.37. The van der Waals surface area contributed by atoms with Crippen molar-refractivity contribution in [3.8, 4) is 12.1 Å². The van der Waals surface area contributed by atoms with Crippen LogP contribution in [0.1, 0.15) is 0 Å². The fourth-order valence-corrected chi connectivity index (χ4v) is 0.763. The summed E-state index contributed by atoms with van der Waals surface area (Å²) >= 11 is 4.90. The summed E-state index contributed by atoms with van der Waals surface area (Å²) in [7, 11) is 0. The Morgan fingerprint density at radius 3 is 2.33 bits per heavy atom. The molecule has 0 aromatic rings. The first-order chi connectivity index (χ1) is 4.35. The van der Waals surface area contributed by atoms with Crippen molar-refractivity contribution in [3.63, 3.8) is 0 Å². The molecule has 0 bridgehead atoms. The quantitative estimate of drug-likeness (QED) is 0.617. The third-order valence-electron chi connectivity index (χ3n) is 0.510. The third-order valence-corrected chi connectivity index (χ3v) is 1.64. The van der Waals surface area contributed by atoms with Crippen molar-refractivity contribution in [2.24, 2.45) is 0 Å². The minimum Gasteiger partial charge on any atom is -0.196 e. The summed E-state index contributed by atoms with van der Waals surface area (Å²) in [6.07, 6.45) is 0. The molecule has 0 amide bonds. The maximum absolute atomic E-state index is 8.20. The Morgan fingerprint density at radius 1 is 1.44 bits per heavy atom.